The molecule has 10 heteroatoms. The summed E-state index contributed by atoms with van der Waals surface area (Å²) in [5.74, 6) is 3.17. The Hall–Kier alpha value is -4.73. The lowest BCUT2D eigenvalue weighted by molar-refractivity contribution is 0.0528. The number of fused-ring (bicyclic) bond motifs is 6. The van der Waals surface area contributed by atoms with Gasteiger partial charge in [-0.05, 0) is 227 Å². The second-order valence-corrected chi connectivity index (χ2v) is 27.2. The predicted octanol–water partition coefficient (Wildman–Crippen LogP) is 12.6. The van der Waals surface area contributed by atoms with Gasteiger partial charge in [-0.2, -0.15) is 0 Å². The summed E-state index contributed by atoms with van der Waals surface area (Å²) in [6.07, 6.45) is 0. The largest absolute Gasteiger partial charge is 0.327 e. The minimum absolute atomic E-state index is 0.150. The van der Waals surface area contributed by atoms with Crippen LogP contribution in [-0.4, -0.2) is 104 Å². The van der Waals surface area contributed by atoms with Crippen LogP contribution in [0.3, 0.4) is 0 Å². The summed E-state index contributed by atoms with van der Waals surface area (Å²) in [5, 5.41) is 2.43. The molecule has 10 nitrogen and oxygen atoms in total. The fourth-order valence-electron chi connectivity index (χ4n) is 13.2. The third kappa shape index (κ3) is 5.06. The Labute approximate surface area is 403 Å². The van der Waals surface area contributed by atoms with Crippen molar-refractivity contribution in [3.05, 3.63) is 60.7 Å². The van der Waals surface area contributed by atoms with E-state index >= 15 is 0 Å². The van der Waals surface area contributed by atoms with Crippen LogP contribution in [0.15, 0.2) is 75.6 Å². The van der Waals surface area contributed by atoms with Gasteiger partial charge in [-0.15, -0.1) is 0 Å². The SMILES string of the molecule is CC1(C)N=C2N(c3ccc(-n4c5ccc(N6C7=NC(C)(C)C(C)(C)N7C(C)(C)C6(C)C)cc5c5cc(N6C7=NC(C)(C)C(C)(C)N7C(C)(C)C6(C)C)ccc54)cc3)C(C)(C)C(C)(C)N2C1(C)C. The molecule has 3 aromatic carbocycles. The van der Waals surface area contributed by atoms with Gasteiger partial charge in [-0.1, -0.05) is 0 Å². The number of hydrogen-bond acceptors (Lipinski definition) is 9. The molecule has 10 rings (SSSR count). The number of aromatic nitrogens is 1. The number of guanidine groups is 3. The van der Waals surface area contributed by atoms with Crippen molar-refractivity contribution in [3.8, 4) is 5.69 Å². The first-order chi connectivity index (χ1) is 30.3. The van der Waals surface area contributed by atoms with Gasteiger partial charge in [0.15, 0.2) is 0 Å². The average Bonchev–Trinajstić information content (AvgIpc) is 3.85. The molecule has 7 heterocycles. The molecule has 0 amide bonds. The van der Waals surface area contributed by atoms with E-state index in [1.165, 1.54) is 21.8 Å². The molecule has 6 aliphatic rings. The highest BCUT2D eigenvalue weighted by Gasteiger charge is 2.69. The van der Waals surface area contributed by atoms with Crippen LogP contribution in [0, 0.1) is 0 Å². The van der Waals surface area contributed by atoms with E-state index in [2.05, 4.69) is 261 Å². The lowest BCUT2D eigenvalue weighted by Gasteiger charge is -2.50. The number of aliphatic imine (C=N–C) groups is 3. The van der Waals surface area contributed by atoms with Crippen LogP contribution in [0.1, 0.15) is 166 Å². The molecule has 67 heavy (non-hydrogen) atoms. The Morgan fingerprint density at radius 1 is 0.284 bits per heavy atom. The van der Waals surface area contributed by atoms with Gasteiger partial charge in [-0.25, -0.2) is 15.0 Å². The summed E-state index contributed by atoms with van der Waals surface area (Å²) in [4.78, 5) is 31.9. The summed E-state index contributed by atoms with van der Waals surface area (Å²) in [6, 6.07) is 23.5. The molecule has 0 spiro atoms. The van der Waals surface area contributed by atoms with E-state index in [1.807, 2.05) is 0 Å². The molecule has 0 aliphatic carbocycles. The van der Waals surface area contributed by atoms with Gasteiger partial charge in [-0.3, -0.25) is 0 Å². The maximum absolute atomic E-state index is 5.55. The average molecular weight is 907 g/mol. The number of hydrogen-bond donors (Lipinski definition) is 0. The Morgan fingerprint density at radius 3 is 0.836 bits per heavy atom. The van der Waals surface area contributed by atoms with Gasteiger partial charge >= 0.3 is 0 Å². The lowest BCUT2D eigenvalue weighted by atomic mass is 9.76. The van der Waals surface area contributed by atoms with E-state index in [9.17, 15) is 0 Å². The predicted molar refractivity (Wildman–Crippen MR) is 285 cm³/mol. The first-order valence-electron chi connectivity index (χ1n) is 25.1. The molecule has 0 N–H and O–H groups in total. The van der Waals surface area contributed by atoms with Crippen LogP contribution >= 0.6 is 0 Å². The molecule has 360 valence electrons. The van der Waals surface area contributed by atoms with Crippen LogP contribution in [0.4, 0.5) is 17.1 Å². The molecule has 0 radical (unpaired) electrons. The van der Waals surface area contributed by atoms with Gasteiger partial charge in [0.2, 0.25) is 17.9 Å². The second kappa shape index (κ2) is 12.3. The first-order valence-corrected chi connectivity index (χ1v) is 25.1. The van der Waals surface area contributed by atoms with E-state index < -0.39 is 0 Å². The van der Waals surface area contributed by atoms with Crippen LogP contribution in [0.25, 0.3) is 27.5 Å². The standard InChI is InChI=1S/C57H82N10/c1-46(2)49(7,8)65-43(58-46)62(52(13,14)55(65,19)20)36-27-25-35(26-28-36)61-41-31-29-37(63-44-59-47(3,4)50(9,10)66(44)56(21,22)53(63,15)16)33-39(41)40-34-38(30-32-42(40)61)64-45-60-48(5,6)51(11,12)67(45)57(23,24)54(64,17)18/h25-34H,1-24H3. The van der Waals surface area contributed by atoms with Crippen molar-refractivity contribution in [1.29, 1.82) is 0 Å². The van der Waals surface area contributed by atoms with Gasteiger partial charge in [0.05, 0.1) is 77.5 Å². The zero-order chi connectivity index (χ0) is 49.6. The fourth-order valence-corrected chi connectivity index (χ4v) is 13.2. The van der Waals surface area contributed by atoms with E-state index in [-0.39, 0.29) is 66.5 Å². The smallest absolute Gasteiger partial charge is 0.203 e. The number of benzene rings is 3. The molecule has 3 saturated heterocycles. The summed E-state index contributed by atoms with van der Waals surface area (Å²) >= 11 is 0. The van der Waals surface area contributed by atoms with Gasteiger partial charge < -0.3 is 34.0 Å². The molecule has 3 fully saturated rings. The quantitative estimate of drug-likeness (QED) is 0.203. The van der Waals surface area contributed by atoms with Crippen LogP contribution in [-0.2, 0) is 0 Å². The summed E-state index contributed by atoms with van der Waals surface area (Å²) in [7, 11) is 0. The zero-order valence-corrected chi connectivity index (χ0v) is 45.7. The molecule has 0 bridgehead atoms. The summed E-state index contributed by atoms with van der Waals surface area (Å²) < 4.78 is 2.47. The third-order valence-electron chi connectivity index (χ3n) is 21.0. The maximum atomic E-state index is 5.55. The van der Waals surface area contributed by atoms with Crippen molar-refractivity contribution in [2.24, 2.45) is 15.0 Å². The van der Waals surface area contributed by atoms with Crippen molar-refractivity contribution in [1.82, 2.24) is 19.3 Å². The van der Waals surface area contributed by atoms with Crippen molar-refractivity contribution >= 4 is 56.7 Å². The Kier molecular flexibility index (Phi) is 8.48. The summed E-state index contributed by atoms with van der Waals surface area (Å²) in [6.45, 7) is 56.5. The van der Waals surface area contributed by atoms with E-state index in [4.69, 9.17) is 15.0 Å². The molecular weight excluding hydrogens is 825 g/mol. The van der Waals surface area contributed by atoms with Crippen molar-refractivity contribution in [3.63, 3.8) is 0 Å². The minimum Gasteiger partial charge on any atom is -0.327 e. The number of nitrogens with zero attached hydrogens (tertiary/aromatic N) is 10. The Bertz CT molecular complexity index is 2770. The highest BCUT2D eigenvalue weighted by atomic mass is 15.6. The number of anilines is 3. The monoisotopic (exact) mass is 907 g/mol. The normalized spacial score (nSPS) is 27.4. The van der Waals surface area contributed by atoms with Crippen molar-refractivity contribution < 1.29 is 0 Å². The molecule has 0 atom stereocenters. The van der Waals surface area contributed by atoms with Crippen LogP contribution in [0.5, 0.6) is 0 Å². The Morgan fingerprint density at radius 2 is 0.537 bits per heavy atom. The lowest BCUT2D eigenvalue weighted by Crippen LogP contribution is -2.62. The van der Waals surface area contributed by atoms with E-state index in [0.717, 1.165) is 40.6 Å². The van der Waals surface area contributed by atoms with Crippen LogP contribution in [0.2, 0.25) is 0 Å². The van der Waals surface area contributed by atoms with Gasteiger partial charge in [0, 0.05) is 33.5 Å². The minimum atomic E-state index is -0.263. The molecule has 6 aliphatic heterocycles. The molecular formula is C57H82N10. The maximum Gasteiger partial charge on any atom is 0.203 e. The second-order valence-electron chi connectivity index (χ2n) is 27.2. The van der Waals surface area contributed by atoms with Gasteiger partial charge in [0.1, 0.15) is 0 Å². The topological polar surface area (TPSA) is 61.5 Å². The fraction of sp³-hybridized carbons (Fsp3) is 0.632. The van der Waals surface area contributed by atoms with Gasteiger partial charge in [0.25, 0.3) is 0 Å². The molecule has 0 saturated carbocycles. The van der Waals surface area contributed by atoms with Crippen LogP contribution < -0.4 is 14.7 Å². The number of rotatable bonds is 4. The highest BCUT2D eigenvalue weighted by Crippen LogP contribution is 2.57. The highest BCUT2D eigenvalue weighted by molar-refractivity contribution is 6.14. The molecule has 0 unspecified atom stereocenters. The third-order valence-corrected chi connectivity index (χ3v) is 21.0. The molecule has 4 aromatic rings. The zero-order valence-electron chi connectivity index (χ0n) is 45.7. The first kappa shape index (κ1) is 46.0. The van der Waals surface area contributed by atoms with Crippen molar-refractivity contribution in [2.75, 3.05) is 14.7 Å². The molecule has 1 aromatic heterocycles. The Balaban J connectivity index is 1.17. The van der Waals surface area contributed by atoms with E-state index in [0.29, 0.717) is 0 Å². The summed E-state index contributed by atoms with van der Waals surface area (Å²) in [5.41, 5.74) is 4.37. The van der Waals surface area contributed by atoms with Crippen molar-refractivity contribution in [2.45, 2.75) is 233 Å². The van der Waals surface area contributed by atoms with E-state index in [1.54, 1.807) is 0 Å².